The van der Waals surface area contributed by atoms with Crippen LogP contribution in [0.4, 0.5) is 0 Å². The SMILES string of the molecule is C[C@]12C[C@@H]3N[C@@H]3C[C@@H]1CC[C@H]1[C@@H]3[C@@H]4O[C@@H]4C(=O)[C@@]3(C)CC[C@@H]12. The van der Waals surface area contributed by atoms with Gasteiger partial charge in [0.05, 0.1) is 6.10 Å². The Morgan fingerprint density at radius 3 is 2.91 bits per heavy atom. The highest BCUT2D eigenvalue weighted by Crippen LogP contribution is 2.69. The van der Waals surface area contributed by atoms with Crippen molar-refractivity contribution in [1.29, 1.82) is 0 Å². The number of fused-ring (bicyclic) bond motifs is 8. The Hall–Kier alpha value is -0.410. The zero-order valence-electron chi connectivity index (χ0n) is 13.7. The topological polar surface area (TPSA) is 51.5 Å². The van der Waals surface area contributed by atoms with E-state index in [2.05, 4.69) is 19.2 Å². The molecule has 4 aliphatic carbocycles. The van der Waals surface area contributed by atoms with E-state index in [1.165, 1.54) is 32.1 Å². The molecule has 0 spiro atoms. The smallest absolute Gasteiger partial charge is 0.170 e. The zero-order chi connectivity index (χ0) is 14.9. The average Bonchev–Trinajstić information content (AvgIpc) is 3.37. The average molecular weight is 301 g/mol. The molecule has 0 amide bonds. The lowest BCUT2D eigenvalue weighted by Crippen LogP contribution is -2.55. The number of carbonyl (C=O) groups is 1. The number of epoxide rings is 1. The van der Waals surface area contributed by atoms with Crippen molar-refractivity contribution < 1.29 is 9.53 Å². The fraction of sp³-hybridized carbons (Fsp3) is 0.947. The molecule has 0 unspecified atom stereocenters. The normalized spacial score (nSPS) is 67.5. The molecule has 1 N–H and O–H groups in total. The molecule has 0 aromatic heterocycles. The highest BCUT2D eigenvalue weighted by Gasteiger charge is 2.72. The van der Waals surface area contributed by atoms with E-state index in [0.29, 0.717) is 23.2 Å². The first kappa shape index (κ1) is 12.9. The van der Waals surface area contributed by atoms with Crippen LogP contribution in [0.1, 0.15) is 52.4 Å². The van der Waals surface area contributed by atoms with E-state index in [9.17, 15) is 4.79 Å². The maximum Gasteiger partial charge on any atom is 0.170 e. The summed E-state index contributed by atoms with van der Waals surface area (Å²) >= 11 is 0. The van der Waals surface area contributed by atoms with Crippen LogP contribution < -0.4 is 5.32 Å². The van der Waals surface area contributed by atoms with Gasteiger partial charge < -0.3 is 10.1 Å². The van der Waals surface area contributed by atoms with Crippen LogP contribution in [0, 0.1) is 34.5 Å². The lowest BCUT2D eigenvalue weighted by molar-refractivity contribution is -0.148. The van der Waals surface area contributed by atoms with Gasteiger partial charge in [-0.25, -0.2) is 0 Å². The van der Waals surface area contributed by atoms with Gasteiger partial charge in [-0.05, 0) is 61.7 Å². The fourth-order valence-corrected chi connectivity index (χ4v) is 7.75. The van der Waals surface area contributed by atoms with Gasteiger partial charge in [-0.15, -0.1) is 0 Å². The van der Waals surface area contributed by atoms with Crippen LogP contribution in [0.3, 0.4) is 0 Å². The molecule has 120 valence electrons. The monoisotopic (exact) mass is 301 g/mol. The maximum atomic E-state index is 12.7. The first-order valence-electron chi connectivity index (χ1n) is 9.48. The Bertz CT molecular complexity index is 576. The molecular weight excluding hydrogens is 274 g/mol. The van der Waals surface area contributed by atoms with Gasteiger partial charge in [0.2, 0.25) is 0 Å². The number of rotatable bonds is 0. The minimum absolute atomic E-state index is 0.0138. The summed E-state index contributed by atoms with van der Waals surface area (Å²) in [5.41, 5.74) is 0.470. The molecule has 2 heterocycles. The van der Waals surface area contributed by atoms with Crippen molar-refractivity contribution in [2.75, 3.05) is 0 Å². The first-order valence-corrected chi connectivity index (χ1v) is 9.48. The highest BCUT2D eigenvalue weighted by molar-refractivity contribution is 5.94. The number of hydrogen-bond donors (Lipinski definition) is 1. The van der Waals surface area contributed by atoms with Gasteiger partial charge in [0.25, 0.3) is 0 Å². The van der Waals surface area contributed by atoms with E-state index in [0.717, 1.165) is 36.3 Å². The third-order valence-corrected chi connectivity index (χ3v) is 9.02. The zero-order valence-corrected chi connectivity index (χ0v) is 13.7. The van der Waals surface area contributed by atoms with E-state index < -0.39 is 0 Å². The van der Waals surface area contributed by atoms with Crippen LogP contribution in [-0.4, -0.2) is 30.1 Å². The van der Waals surface area contributed by atoms with E-state index in [4.69, 9.17) is 4.74 Å². The molecule has 0 aromatic carbocycles. The van der Waals surface area contributed by atoms with Crippen LogP contribution in [0.5, 0.6) is 0 Å². The van der Waals surface area contributed by atoms with Gasteiger partial charge >= 0.3 is 0 Å². The Kier molecular flexibility index (Phi) is 2.14. The summed E-state index contributed by atoms with van der Waals surface area (Å²) in [5, 5.41) is 3.71. The predicted octanol–water partition coefficient (Wildman–Crippen LogP) is 2.54. The second-order valence-corrected chi connectivity index (χ2v) is 9.74. The molecule has 0 radical (unpaired) electrons. The molecule has 0 bridgehead atoms. The quantitative estimate of drug-likeness (QED) is 0.700. The Balaban J connectivity index is 1.38. The molecule has 4 saturated carbocycles. The van der Waals surface area contributed by atoms with Gasteiger partial charge in [0.1, 0.15) is 6.10 Å². The van der Waals surface area contributed by atoms with Crippen molar-refractivity contribution in [3.8, 4) is 0 Å². The molecule has 0 aromatic rings. The summed E-state index contributed by atoms with van der Waals surface area (Å²) < 4.78 is 5.79. The van der Waals surface area contributed by atoms with Crippen LogP contribution in [0.25, 0.3) is 0 Å². The summed E-state index contributed by atoms with van der Waals surface area (Å²) in [5.74, 6) is 3.48. The predicted molar refractivity (Wildman–Crippen MR) is 82.3 cm³/mol. The van der Waals surface area contributed by atoms with Crippen molar-refractivity contribution in [3.63, 3.8) is 0 Å². The molecular formula is C19H27NO2. The minimum Gasteiger partial charge on any atom is -0.361 e. The van der Waals surface area contributed by atoms with Crippen LogP contribution in [-0.2, 0) is 9.53 Å². The fourth-order valence-electron chi connectivity index (χ4n) is 7.75. The lowest BCUT2D eigenvalue weighted by Gasteiger charge is -2.59. The second-order valence-electron chi connectivity index (χ2n) is 9.74. The number of ketones is 1. The van der Waals surface area contributed by atoms with Crippen molar-refractivity contribution in [3.05, 3.63) is 0 Å². The van der Waals surface area contributed by atoms with Gasteiger partial charge in [-0.2, -0.15) is 0 Å². The Morgan fingerprint density at radius 1 is 1.18 bits per heavy atom. The van der Waals surface area contributed by atoms with Gasteiger partial charge in [0.15, 0.2) is 5.78 Å². The number of hydrogen-bond acceptors (Lipinski definition) is 3. The molecule has 6 aliphatic rings. The lowest BCUT2D eigenvalue weighted by atomic mass is 9.45. The van der Waals surface area contributed by atoms with Crippen LogP contribution >= 0.6 is 0 Å². The van der Waals surface area contributed by atoms with Crippen molar-refractivity contribution in [2.24, 2.45) is 34.5 Å². The maximum absolute atomic E-state index is 12.7. The van der Waals surface area contributed by atoms with E-state index in [1.807, 2.05) is 0 Å². The molecule has 6 rings (SSSR count). The van der Waals surface area contributed by atoms with Crippen LogP contribution in [0.15, 0.2) is 0 Å². The molecule has 2 saturated heterocycles. The number of ether oxygens (including phenoxy) is 1. The summed E-state index contributed by atoms with van der Waals surface area (Å²) in [6.07, 6.45) is 8.22. The number of nitrogens with one attached hydrogen (secondary N) is 1. The van der Waals surface area contributed by atoms with E-state index in [-0.39, 0.29) is 11.5 Å². The molecule has 22 heavy (non-hydrogen) atoms. The summed E-state index contributed by atoms with van der Waals surface area (Å²) in [4.78, 5) is 12.7. The van der Waals surface area contributed by atoms with Crippen LogP contribution in [0.2, 0.25) is 0 Å². The van der Waals surface area contributed by atoms with Gasteiger partial charge in [0, 0.05) is 23.4 Å². The summed E-state index contributed by atoms with van der Waals surface area (Å²) in [6, 6.07) is 1.65. The van der Waals surface area contributed by atoms with Gasteiger partial charge in [-0.1, -0.05) is 13.8 Å². The Labute approximate surface area is 132 Å². The Morgan fingerprint density at radius 2 is 2.05 bits per heavy atom. The second kappa shape index (κ2) is 3.64. The third-order valence-electron chi connectivity index (χ3n) is 9.02. The molecule has 2 aliphatic heterocycles. The molecule has 3 nitrogen and oxygen atoms in total. The van der Waals surface area contributed by atoms with E-state index >= 15 is 0 Å². The third kappa shape index (κ3) is 1.32. The number of carbonyl (C=O) groups excluding carboxylic acids is 1. The minimum atomic E-state index is -0.0486. The van der Waals surface area contributed by atoms with Crippen molar-refractivity contribution in [1.82, 2.24) is 5.32 Å². The number of Topliss-reactive ketones (excluding diaryl/α,β-unsaturated/α-hetero) is 1. The summed E-state index contributed by atoms with van der Waals surface area (Å²) in [7, 11) is 0. The largest absolute Gasteiger partial charge is 0.361 e. The van der Waals surface area contributed by atoms with Crippen molar-refractivity contribution >= 4 is 5.78 Å². The highest BCUT2D eigenvalue weighted by atomic mass is 16.6. The van der Waals surface area contributed by atoms with Gasteiger partial charge in [-0.3, -0.25) is 4.79 Å². The molecule has 6 fully saturated rings. The molecule has 3 heteroatoms. The first-order chi connectivity index (χ1) is 10.5. The standard InChI is InChI=1S/C19H27NO2/c1-18-6-5-11-10(14(18)15-16(22-15)17(18)21)4-3-9-7-12-13(20-12)8-19(9,11)2/h9-16,20H,3-8H2,1-2H3/t9-,10+,11-,12+,13-,14+,15-,16-,18-,19-/m0/s1. The molecule has 10 atom stereocenters. The summed E-state index contributed by atoms with van der Waals surface area (Å²) in [6.45, 7) is 4.86. The van der Waals surface area contributed by atoms with Crippen molar-refractivity contribution in [2.45, 2.75) is 76.7 Å². The van der Waals surface area contributed by atoms with E-state index in [1.54, 1.807) is 0 Å².